The molecule has 1 unspecified atom stereocenters. The Balaban J connectivity index is 2.12. The highest BCUT2D eigenvalue weighted by atomic mass is 16.5. The van der Waals surface area contributed by atoms with Crippen LogP contribution in [0.15, 0.2) is 24.7 Å². The lowest BCUT2D eigenvalue weighted by Gasteiger charge is -2.12. The number of amides is 1. The Morgan fingerprint density at radius 3 is 3.00 bits per heavy atom. The van der Waals surface area contributed by atoms with E-state index in [2.05, 4.69) is 25.5 Å². The van der Waals surface area contributed by atoms with Gasteiger partial charge in [-0.15, -0.1) is 0 Å². The third-order valence-corrected chi connectivity index (χ3v) is 2.40. The molecule has 18 heavy (non-hydrogen) atoms. The molecule has 2 heterocycles. The SMILES string of the molecule is COc1ncccc1C(=O)NC(C)c1ncn[nH]1. The molecule has 94 valence electrons. The molecule has 7 heteroatoms. The Bertz CT molecular complexity index is 526. The summed E-state index contributed by atoms with van der Waals surface area (Å²) in [5, 5.41) is 9.21. The zero-order valence-electron chi connectivity index (χ0n) is 10.0. The average molecular weight is 247 g/mol. The Labute approximate surface area is 104 Å². The van der Waals surface area contributed by atoms with Crippen molar-refractivity contribution in [2.24, 2.45) is 0 Å². The second-order valence-electron chi connectivity index (χ2n) is 3.63. The maximum absolute atomic E-state index is 12.0. The van der Waals surface area contributed by atoms with Crippen LogP contribution in [0.1, 0.15) is 29.1 Å². The van der Waals surface area contributed by atoms with Gasteiger partial charge in [0.15, 0.2) is 0 Å². The number of rotatable bonds is 4. The van der Waals surface area contributed by atoms with Gasteiger partial charge in [0.05, 0.1) is 13.2 Å². The van der Waals surface area contributed by atoms with Crippen molar-refractivity contribution in [2.45, 2.75) is 13.0 Å². The number of hydrogen-bond acceptors (Lipinski definition) is 5. The zero-order valence-corrected chi connectivity index (χ0v) is 10.0. The highest BCUT2D eigenvalue weighted by molar-refractivity contribution is 5.96. The summed E-state index contributed by atoms with van der Waals surface area (Å²) < 4.78 is 5.03. The molecule has 2 N–H and O–H groups in total. The van der Waals surface area contributed by atoms with E-state index in [1.54, 1.807) is 25.3 Å². The third-order valence-electron chi connectivity index (χ3n) is 2.40. The van der Waals surface area contributed by atoms with E-state index in [-0.39, 0.29) is 11.9 Å². The van der Waals surface area contributed by atoms with Crippen molar-refractivity contribution in [3.05, 3.63) is 36.0 Å². The first-order chi connectivity index (χ1) is 8.72. The average Bonchev–Trinajstić information content (AvgIpc) is 2.92. The topological polar surface area (TPSA) is 92.8 Å². The fourth-order valence-corrected chi connectivity index (χ4v) is 1.49. The molecule has 0 aliphatic carbocycles. The number of nitrogens with zero attached hydrogens (tertiary/aromatic N) is 3. The van der Waals surface area contributed by atoms with Crippen LogP contribution in [0.3, 0.4) is 0 Å². The smallest absolute Gasteiger partial charge is 0.257 e. The molecule has 2 aromatic heterocycles. The van der Waals surface area contributed by atoms with Gasteiger partial charge in [-0.2, -0.15) is 5.10 Å². The van der Waals surface area contributed by atoms with Gasteiger partial charge < -0.3 is 10.1 Å². The van der Waals surface area contributed by atoms with Gasteiger partial charge in [-0.05, 0) is 19.1 Å². The molecule has 0 saturated heterocycles. The molecule has 0 bridgehead atoms. The van der Waals surface area contributed by atoms with Crippen LogP contribution in [-0.2, 0) is 0 Å². The van der Waals surface area contributed by atoms with Crippen LogP contribution in [-0.4, -0.2) is 33.2 Å². The number of pyridine rings is 1. The van der Waals surface area contributed by atoms with E-state index in [1.807, 2.05) is 0 Å². The van der Waals surface area contributed by atoms with E-state index < -0.39 is 0 Å². The summed E-state index contributed by atoms with van der Waals surface area (Å²) in [5.41, 5.74) is 0.381. The zero-order chi connectivity index (χ0) is 13.0. The molecule has 1 amide bonds. The van der Waals surface area contributed by atoms with Crippen molar-refractivity contribution < 1.29 is 9.53 Å². The van der Waals surface area contributed by atoms with E-state index in [9.17, 15) is 4.79 Å². The van der Waals surface area contributed by atoms with Gasteiger partial charge in [-0.3, -0.25) is 9.89 Å². The first-order valence-corrected chi connectivity index (χ1v) is 5.37. The van der Waals surface area contributed by atoms with Crippen LogP contribution in [0.4, 0.5) is 0 Å². The third kappa shape index (κ3) is 2.45. The molecule has 1 atom stereocenters. The molecule has 0 aromatic carbocycles. The van der Waals surface area contributed by atoms with Crippen molar-refractivity contribution in [3.63, 3.8) is 0 Å². The lowest BCUT2D eigenvalue weighted by Crippen LogP contribution is -2.27. The summed E-state index contributed by atoms with van der Waals surface area (Å²) in [6.45, 7) is 1.81. The normalized spacial score (nSPS) is 11.9. The number of H-pyrrole nitrogens is 1. The summed E-state index contributed by atoms with van der Waals surface area (Å²) in [4.78, 5) is 20.0. The second-order valence-corrected chi connectivity index (χ2v) is 3.63. The van der Waals surface area contributed by atoms with Gasteiger partial charge in [0.2, 0.25) is 5.88 Å². The number of ether oxygens (including phenoxy) is 1. The molecule has 2 aromatic rings. The molecule has 0 fully saturated rings. The molecule has 0 spiro atoms. The fraction of sp³-hybridized carbons (Fsp3) is 0.273. The van der Waals surface area contributed by atoms with Crippen molar-refractivity contribution >= 4 is 5.91 Å². The Morgan fingerprint density at radius 2 is 2.33 bits per heavy atom. The lowest BCUT2D eigenvalue weighted by molar-refractivity contribution is 0.0934. The van der Waals surface area contributed by atoms with Gasteiger partial charge >= 0.3 is 0 Å². The number of carbonyl (C=O) groups excluding carboxylic acids is 1. The molecular weight excluding hydrogens is 234 g/mol. The van der Waals surface area contributed by atoms with Crippen LogP contribution >= 0.6 is 0 Å². The predicted octanol–water partition coefficient (Wildman–Crippen LogP) is 0.699. The summed E-state index contributed by atoms with van der Waals surface area (Å²) in [5.74, 6) is 0.606. The van der Waals surface area contributed by atoms with Gasteiger partial charge in [0, 0.05) is 6.20 Å². The van der Waals surface area contributed by atoms with E-state index in [4.69, 9.17) is 4.74 Å². The maximum atomic E-state index is 12.0. The minimum Gasteiger partial charge on any atom is -0.480 e. The van der Waals surface area contributed by atoms with Crippen LogP contribution < -0.4 is 10.1 Å². The van der Waals surface area contributed by atoms with Crippen molar-refractivity contribution in [1.82, 2.24) is 25.5 Å². The van der Waals surface area contributed by atoms with Gasteiger partial charge in [-0.1, -0.05) is 0 Å². The minimum absolute atomic E-state index is 0.273. The van der Waals surface area contributed by atoms with Crippen molar-refractivity contribution in [2.75, 3.05) is 7.11 Å². The summed E-state index contributed by atoms with van der Waals surface area (Å²) >= 11 is 0. The van der Waals surface area contributed by atoms with Gasteiger partial charge in [0.1, 0.15) is 17.7 Å². The minimum atomic E-state index is -0.274. The first-order valence-electron chi connectivity index (χ1n) is 5.37. The van der Waals surface area contributed by atoms with Crippen LogP contribution in [0, 0.1) is 0 Å². The number of nitrogens with one attached hydrogen (secondary N) is 2. The van der Waals surface area contributed by atoms with Gasteiger partial charge in [0.25, 0.3) is 5.91 Å². The van der Waals surface area contributed by atoms with E-state index in [1.165, 1.54) is 13.4 Å². The predicted molar refractivity (Wildman–Crippen MR) is 63.1 cm³/mol. The molecule has 0 radical (unpaired) electrons. The van der Waals surface area contributed by atoms with Crippen LogP contribution in [0.2, 0.25) is 0 Å². The summed E-state index contributed by atoms with van der Waals surface area (Å²) in [6.07, 6.45) is 2.96. The molecule has 2 rings (SSSR count). The van der Waals surface area contributed by atoms with Crippen molar-refractivity contribution in [1.29, 1.82) is 0 Å². The van der Waals surface area contributed by atoms with Gasteiger partial charge in [-0.25, -0.2) is 9.97 Å². The molecular formula is C11H13N5O2. The molecule has 0 aliphatic heterocycles. The van der Waals surface area contributed by atoms with E-state index in [0.717, 1.165) is 0 Å². The Morgan fingerprint density at radius 1 is 1.50 bits per heavy atom. The second kappa shape index (κ2) is 5.26. The molecule has 7 nitrogen and oxygen atoms in total. The quantitative estimate of drug-likeness (QED) is 0.829. The Kier molecular flexibility index (Phi) is 3.52. The number of aromatic amines is 1. The molecule has 0 aliphatic rings. The summed E-state index contributed by atoms with van der Waals surface area (Å²) in [6, 6.07) is 3.05. The highest BCUT2D eigenvalue weighted by Crippen LogP contribution is 2.15. The number of aromatic nitrogens is 4. The largest absolute Gasteiger partial charge is 0.480 e. The van der Waals surface area contributed by atoms with Crippen molar-refractivity contribution in [3.8, 4) is 5.88 Å². The summed E-state index contributed by atoms with van der Waals surface area (Å²) in [7, 11) is 1.47. The number of hydrogen-bond donors (Lipinski definition) is 2. The fourth-order valence-electron chi connectivity index (χ4n) is 1.49. The first kappa shape index (κ1) is 12.0. The standard InChI is InChI=1S/C11H13N5O2/c1-7(9-13-6-14-16-9)15-10(17)8-4-3-5-12-11(8)18-2/h3-7H,1-2H3,(H,15,17)(H,13,14,16). The lowest BCUT2D eigenvalue weighted by atomic mass is 10.2. The number of carbonyl (C=O) groups is 1. The highest BCUT2D eigenvalue weighted by Gasteiger charge is 2.17. The maximum Gasteiger partial charge on any atom is 0.257 e. The van der Waals surface area contributed by atoms with E-state index in [0.29, 0.717) is 17.3 Å². The number of methoxy groups -OCH3 is 1. The Hall–Kier alpha value is -2.44. The van der Waals surface area contributed by atoms with Crippen LogP contribution in [0.5, 0.6) is 5.88 Å². The molecule has 0 saturated carbocycles. The van der Waals surface area contributed by atoms with E-state index >= 15 is 0 Å². The monoisotopic (exact) mass is 247 g/mol. The van der Waals surface area contributed by atoms with Crippen LogP contribution in [0.25, 0.3) is 0 Å².